The van der Waals surface area contributed by atoms with E-state index in [0.29, 0.717) is 13.2 Å². The molecule has 27 heavy (non-hydrogen) atoms. The normalized spacial score (nSPS) is 11.3. The number of H-pyrrole nitrogens is 1. The monoisotopic (exact) mass is 410 g/mol. The van der Waals surface area contributed by atoms with Crippen LogP contribution in [-0.4, -0.2) is 42.7 Å². The van der Waals surface area contributed by atoms with Gasteiger partial charge in [0.1, 0.15) is 0 Å². The van der Waals surface area contributed by atoms with Crippen LogP contribution in [0.2, 0.25) is 0 Å². The van der Waals surface area contributed by atoms with Gasteiger partial charge in [0, 0.05) is 13.7 Å². The minimum Gasteiger partial charge on any atom is -0.383 e. The highest BCUT2D eigenvalue weighted by atomic mass is 35.5. The molecule has 2 aromatic carbocycles. The number of hydrogen-bond acceptors (Lipinski definition) is 4. The fourth-order valence-corrected chi connectivity index (χ4v) is 2.73. The molecule has 3 N–H and O–H groups in total. The van der Waals surface area contributed by atoms with Crippen molar-refractivity contribution in [2.45, 2.75) is 6.04 Å². The van der Waals surface area contributed by atoms with E-state index in [1.165, 1.54) is 0 Å². The molecular formula is C19H24Cl2N4O2. The summed E-state index contributed by atoms with van der Waals surface area (Å²) in [6, 6.07) is 15.7. The Bertz CT molecular complexity index is 827. The number of methoxy groups -OCH3 is 1. The summed E-state index contributed by atoms with van der Waals surface area (Å²) in [5, 5.41) is 6.17. The van der Waals surface area contributed by atoms with Crippen molar-refractivity contribution in [3.8, 4) is 0 Å². The number of rotatable bonds is 8. The summed E-state index contributed by atoms with van der Waals surface area (Å²) in [5.41, 5.74) is 3.90. The quantitative estimate of drug-likeness (QED) is 0.498. The first-order valence-electron chi connectivity index (χ1n) is 8.25. The Morgan fingerprint density at radius 2 is 1.93 bits per heavy atom. The third-order valence-corrected chi connectivity index (χ3v) is 3.98. The zero-order valence-electron chi connectivity index (χ0n) is 15.0. The number of imidazole rings is 1. The molecule has 6 nitrogen and oxygen atoms in total. The average molecular weight is 411 g/mol. The van der Waals surface area contributed by atoms with E-state index < -0.39 is 0 Å². The van der Waals surface area contributed by atoms with Gasteiger partial charge in [0.25, 0.3) is 0 Å². The molecule has 0 saturated heterocycles. The van der Waals surface area contributed by atoms with Gasteiger partial charge in [-0.15, -0.1) is 24.8 Å². The van der Waals surface area contributed by atoms with Crippen molar-refractivity contribution in [2.24, 2.45) is 0 Å². The SMILES string of the molecule is COCCNCC(=O)NC(c1ccccc1)c1ccc2nc[nH]c2c1.Cl.Cl. The summed E-state index contributed by atoms with van der Waals surface area (Å²) < 4.78 is 4.97. The van der Waals surface area contributed by atoms with E-state index in [-0.39, 0.29) is 43.3 Å². The third-order valence-electron chi connectivity index (χ3n) is 3.98. The Balaban J connectivity index is 0.00000182. The van der Waals surface area contributed by atoms with E-state index in [0.717, 1.165) is 22.2 Å². The fraction of sp³-hybridized carbons (Fsp3) is 0.263. The van der Waals surface area contributed by atoms with E-state index >= 15 is 0 Å². The summed E-state index contributed by atoms with van der Waals surface area (Å²) in [6.07, 6.45) is 1.67. The largest absolute Gasteiger partial charge is 0.383 e. The molecule has 0 saturated carbocycles. The van der Waals surface area contributed by atoms with Gasteiger partial charge in [-0.05, 0) is 23.3 Å². The van der Waals surface area contributed by atoms with Crippen LogP contribution in [0.4, 0.5) is 0 Å². The molecule has 0 fully saturated rings. The molecule has 1 amide bonds. The number of benzene rings is 2. The standard InChI is InChI=1S/C19H22N4O2.2ClH/c1-25-10-9-20-12-18(24)23-19(14-5-3-2-4-6-14)15-7-8-16-17(11-15)22-13-21-16;;/h2-8,11,13,19-20H,9-10,12H2,1H3,(H,21,22)(H,23,24);2*1H. The highest BCUT2D eigenvalue weighted by Crippen LogP contribution is 2.24. The number of nitrogens with one attached hydrogen (secondary N) is 3. The van der Waals surface area contributed by atoms with Crippen LogP contribution in [0.25, 0.3) is 11.0 Å². The van der Waals surface area contributed by atoms with Gasteiger partial charge in [0.15, 0.2) is 0 Å². The number of carbonyl (C=O) groups is 1. The second kappa shape index (κ2) is 11.6. The van der Waals surface area contributed by atoms with Gasteiger partial charge < -0.3 is 20.4 Å². The Morgan fingerprint density at radius 3 is 2.67 bits per heavy atom. The molecule has 1 atom stereocenters. The molecule has 0 radical (unpaired) electrons. The molecule has 1 aromatic heterocycles. The Hall–Kier alpha value is -2.12. The third kappa shape index (κ3) is 6.22. The predicted octanol–water partition coefficient (Wildman–Crippen LogP) is 2.85. The summed E-state index contributed by atoms with van der Waals surface area (Å²) in [5.74, 6) is -0.0605. The number of ether oxygens (including phenoxy) is 1. The number of nitrogens with zero attached hydrogens (tertiary/aromatic N) is 1. The van der Waals surface area contributed by atoms with Gasteiger partial charge in [-0.3, -0.25) is 4.79 Å². The first-order chi connectivity index (χ1) is 12.3. The molecule has 0 aliphatic carbocycles. The molecular weight excluding hydrogens is 387 g/mol. The average Bonchev–Trinajstić information content (AvgIpc) is 3.12. The number of fused-ring (bicyclic) bond motifs is 1. The molecule has 0 aliphatic heterocycles. The van der Waals surface area contributed by atoms with Crippen LogP contribution in [0.5, 0.6) is 0 Å². The summed E-state index contributed by atoms with van der Waals surface area (Å²) in [7, 11) is 1.64. The highest BCUT2D eigenvalue weighted by Gasteiger charge is 2.17. The van der Waals surface area contributed by atoms with E-state index in [4.69, 9.17) is 4.74 Å². The van der Waals surface area contributed by atoms with Gasteiger partial charge in [-0.1, -0.05) is 36.4 Å². The molecule has 3 aromatic rings. The lowest BCUT2D eigenvalue weighted by atomic mass is 9.98. The van der Waals surface area contributed by atoms with Crippen molar-refractivity contribution in [3.63, 3.8) is 0 Å². The van der Waals surface area contributed by atoms with Crippen LogP contribution < -0.4 is 10.6 Å². The Morgan fingerprint density at radius 1 is 1.15 bits per heavy atom. The first-order valence-corrected chi connectivity index (χ1v) is 8.25. The fourth-order valence-electron chi connectivity index (χ4n) is 2.73. The minimum atomic E-state index is -0.217. The van der Waals surface area contributed by atoms with Gasteiger partial charge in [-0.2, -0.15) is 0 Å². The van der Waals surface area contributed by atoms with E-state index in [9.17, 15) is 4.79 Å². The lowest BCUT2D eigenvalue weighted by Gasteiger charge is -2.20. The van der Waals surface area contributed by atoms with Crippen LogP contribution in [0.3, 0.4) is 0 Å². The molecule has 1 heterocycles. The number of aromatic nitrogens is 2. The maximum atomic E-state index is 12.3. The number of amides is 1. The predicted molar refractivity (Wildman–Crippen MR) is 112 cm³/mol. The maximum absolute atomic E-state index is 12.3. The molecule has 3 rings (SSSR count). The number of hydrogen-bond donors (Lipinski definition) is 3. The van der Waals surface area contributed by atoms with Crippen molar-refractivity contribution in [2.75, 3.05) is 26.8 Å². The van der Waals surface area contributed by atoms with E-state index in [1.807, 2.05) is 48.5 Å². The van der Waals surface area contributed by atoms with Crippen LogP contribution >= 0.6 is 24.8 Å². The lowest BCUT2D eigenvalue weighted by molar-refractivity contribution is -0.120. The smallest absolute Gasteiger partial charge is 0.234 e. The van der Waals surface area contributed by atoms with E-state index in [2.05, 4.69) is 20.6 Å². The minimum absolute atomic E-state index is 0. The van der Waals surface area contributed by atoms with Crippen LogP contribution in [0.1, 0.15) is 17.2 Å². The summed E-state index contributed by atoms with van der Waals surface area (Å²) >= 11 is 0. The van der Waals surface area contributed by atoms with Gasteiger partial charge in [0.2, 0.25) is 5.91 Å². The first kappa shape index (κ1) is 22.9. The van der Waals surface area contributed by atoms with Gasteiger partial charge in [0.05, 0.1) is 36.6 Å². The molecule has 0 spiro atoms. The number of carbonyl (C=O) groups excluding carboxylic acids is 1. The second-order valence-electron chi connectivity index (χ2n) is 5.76. The number of aromatic amines is 1. The van der Waals surface area contributed by atoms with Crippen LogP contribution in [0.15, 0.2) is 54.9 Å². The van der Waals surface area contributed by atoms with Gasteiger partial charge >= 0.3 is 0 Å². The summed E-state index contributed by atoms with van der Waals surface area (Å²) in [6.45, 7) is 1.46. The van der Waals surface area contributed by atoms with Crippen molar-refractivity contribution in [3.05, 3.63) is 66.0 Å². The van der Waals surface area contributed by atoms with Crippen molar-refractivity contribution >= 4 is 41.8 Å². The van der Waals surface area contributed by atoms with Crippen molar-refractivity contribution in [1.29, 1.82) is 0 Å². The molecule has 8 heteroatoms. The Kier molecular flexibility index (Phi) is 9.82. The molecule has 146 valence electrons. The van der Waals surface area contributed by atoms with Crippen LogP contribution in [0, 0.1) is 0 Å². The topological polar surface area (TPSA) is 79.0 Å². The second-order valence-corrected chi connectivity index (χ2v) is 5.76. The molecule has 0 aliphatic rings. The Labute approximate surface area is 170 Å². The maximum Gasteiger partial charge on any atom is 0.234 e. The zero-order valence-corrected chi connectivity index (χ0v) is 16.6. The highest BCUT2D eigenvalue weighted by molar-refractivity contribution is 5.85. The molecule has 1 unspecified atom stereocenters. The lowest BCUT2D eigenvalue weighted by Crippen LogP contribution is -2.37. The zero-order chi connectivity index (χ0) is 17.5. The summed E-state index contributed by atoms with van der Waals surface area (Å²) in [4.78, 5) is 19.7. The van der Waals surface area contributed by atoms with Crippen molar-refractivity contribution in [1.82, 2.24) is 20.6 Å². The van der Waals surface area contributed by atoms with Gasteiger partial charge in [-0.25, -0.2) is 4.98 Å². The molecule has 0 bridgehead atoms. The van der Waals surface area contributed by atoms with E-state index in [1.54, 1.807) is 13.4 Å². The van der Waals surface area contributed by atoms with Crippen molar-refractivity contribution < 1.29 is 9.53 Å². The van der Waals surface area contributed by atoms with Crippen LogP contribution in [-0.2, 0) is 9.53 Å². The number of halogens is 2.